The summed E-state index contributed by atoms with van der Waals surface area (Å²) >= 11 is 0. The first-order valence-corrected chi connectivity index (χ1v) is 9.99. The number of hydrogen-bond donors (Lipinski definition) is 2. The van der Waals surface area contributed by atoms with Crippen LogP contribution in [0, 0.1) is 5.92 Å². The summed E-state index contributed by atoms with van der Waals surface area (Å²) in [6, 6.07) is 7.66. The van der Waals surface area contributed by atoms with E-state index >= 15 is 0 Å². The summed E-state index contributed by atoms with van der Waals surface area (Å²) in [6.45, 7) is 12.6. The van der Waals surface area contributed by atoms with E-state index < -0.39 is 0 Å². The van der Waals surface area contributed by atoms with Crippen LogP contribution in [-0.4, -0.2) is 60.8 Å². The van der Waals surface area contributed by atoms with Crippen LogP contribution in [-0.2, 0) is 16.1 Å². The Kier molecular flexibility index (Phi) is 13.3. The van der Waals surface area contributed by atoms with Crippen LogP contribution in [0.25, 0.3) is 0 Å². The summed E-state index contributed by atoms with van der Waals surface area (Å²) in [5.74, 6) is 0.727. The van der Waals surface area contributed by atoms with Gasteiger partial charge in [0.15, 0.2) is 5.96 Å². The topological polar surface area (TPSA) is 77.0 Å². The van der Waals surface area contributed by atoms with Gasteiger partial charge in [0.05, 0.1) is 13.1 Å². The van der Waals surface area contributed by atoms with Crippen LogP contribution in [0.4, 0.5) is 5.69 Å². The Bertz CT molecular complexity index is 658. The van der Waals surface area contributed by atoms with E-state index in [9.17, 15) is 9.59 Å². The summed E-state index contributed by atoms with van der Waals surface area (Å²) in [6.07, 6.45) is 0. The summed E-state index contributed by atoms with van der Waals surface area (Å²) in [7, 11) is 1.87. The van der Waals surface area contributed by atoms with Gasteiger partial charge in [-0.25, -0.2) is 4.99 Å². The van der Waals surface area contributed by atoms with Gasteiger partial charge in [0.1, 0.15) is 0 Å². The van der Waals surface area contributed by atoms with Gasteiger partial charge in [0.25, 0.3) is 0 Å². The lowest BCUT2D eigenvalue weighted by atomic mass is 10.2. The zero-order valence-electron chi connectivity index (χ0n) is 18.5. The molecule has 1 aromatic rings. The lowest BCUT2D eigenvalue weighted by molar-refractivity contribution is -0.131. The second-order valence-electron chi connectivity index (χ2n) is 6.93. The Labute approximate surface area is 192 Å². The molecule has 8 heteroatoms. The molecule has 2 amide bonds. The van der Waals surface area contributed by atoms with Crippen molar-refractivity contribution >= 4 is 47.4 Å². The van der Waals surface area contributed by atoms with E-state index in [1.807, 2.05) is 75.7 Å². The zero-order valence-corrected chi connectivity index (χ0v) is 20.8. The Balaban J connectivity index is 0.00000784. The molecule has 0 radical (unpaired) electrons. The third kappa shape index (κ3) is 9.47. The van der Waals surface area contributed by atoms with E-state index in [1.54, 1.807) is 0 Å². The average molecular weight is 517 g/mol. The number of guanidine groups is 1. The highest BCUT2D eigenvalue weighted by Crippen LogP contribution is 2.12. The van der Waals surface area contributed by atoms with Crippen LogP contribution in [0.3, 0.4) is 0 Å². The summed E-state index contributed by atoms with van der Waals surface area (Å²) in [4.78, 5) is 32.4. The highest BCUT2D eigenvalue weighted by Gasteiger charge is 2.15. The lowest BCUT2D eigenvalue weighted by Gasteiger charge is -2.25. The second kappa shape index (κ2) is 14.2. The smallest absolute Gasteiger partial charge is 0.242 e. The molecule has 0 heterocycles. The van der Waals surface area contributed by atoms with Gasteiger partial charge in [-0.05, 0) is 38.5 Å². The molecule has 29 heavy (non-hydrogen) atoms. The number of amides is 2. The summed E-state index contributed by atoms with van der Waals surface area (Å²) in [5, 5.41) is 6.11. The SMILES string of the molecule is CCNC(=NCc1ccc(NC(=O)C(C)C)cc1)N(C)CC(=O)N(CC)CC.I. The number of anilines is 1. The molecule has 7 nitrogen and oxygen atoms in total. The van der Waals surface area contributed by atoms with E-state index in [0.29, 0.717) is 25.6 Å². The number of hydrogen-bond acceptors (Lipinski definition) is 3. The van der Waals surface area contributed by atoms with Gasteiger partial charge < -0.3 is 20.4 Å². The number of rotatable bonds is 9. The van der Waals surface area contributed by atoms with Crippen molar-refractivity contribution < 1.29 is 9.59 Å². The van der Waals surface area contributed by atoms with Crippen LogP contribution < -0.4 is 10.6 Å². The van der Waals surface area contributed by atoms with Gasteiger partial charge in [-0.1, -0.05) is 26.0 Å². The third-order valence-corrected chi connectivity index (χ3v) is 4.34. The molecule has 0 aliphatic rings. The Morgan fingerprint density at radius 3 is 2.14 bits per heavy atom. The van der Waals surface area contributed by atoms with Crippen LogP contribution in [0.2, 0.25) is 0 Å². The van der Waals surface area contributed by atoms with Crippen LogP contribution >= 0.6 is 24.0 Å². The number of likely N-dealkylation sites (N-methyl/N-ethyl adjacent to an activating group) is 2. The molecule has 0 aliphatic carbocycles. The van der Waals surface area contributed by atoms with Gasteiger partial charge in [0, 0.05) is 38.3 Å². The standard InChI is InChI=1S/C21H35N5O2.HI/c1-7-22-21(25(6)15-19(27)26(8-2)9-3)23-14-17-10-12-18(13-11-17)24-20(28)16(4)5;/h10-13,16H,7-9,14-15H2,1-6H3,(H,22,23)(H,24,28);1H. The number of carbonyl (C=O) groups excluding carboxylic acids is 2. The van der Waals surface area contributed by atoms with Gasteiger partial charge in [-0.15, -0.1) is 24.0 Å². The normalized spacial score (nSPS) is 10.9. The molecule has 0 aromatic heterocycles. The number of nitrogens with zero attached hydrogens (tertiary/aromatic N) is 3. The maximum absolute atomic E-state index is 12.3. The van der Waals surface area contributed by atoms with E-state index in [2.05, 4.69) is 15.6 Å². The first kappa shape index (κ1) is 27.2. The molecule has 0 fully saturated rings. The highest BCUT2D eigenvalue weighted by atomic mass is 127. The minimum absolute atomic E-state index is 0. The van der Waals surface area contributed by atoms with Crippen molar-refractivity contribution in [3.63, 3.8) is 0 Å². The number of benzene rings is 1. The van der Waals surface area contributed by atoms with Crippen molar-refractivity contribution in [2.75, 3.05) is 38.5 Å². The Morgan fingerprint density at radius 1 is 1.07 bits per heavy atom. The number of aliphatic imine (C=N–C) groups is 1. The number of carbonyl (C=O) groups is 2. The predicted octanol–water partition coefficient (Wildman–Crippen LogP) is 3.16. The molecule has 1 aromatic carbocycles. The predicted molar refractivity (Wildman–Crippen MR) is 131 cm³/mol. The molecule has 0 aliphatic heterocycles. The first-order valence-electron chi connectivity index (χ1n) is 9.99. The zero-order chi connectivity index (χ0) is 21.1. The molecule has 0 bridgehead atoms. The minimum atomic E-state index is -0.0541. The largest absolute Gasteiger partial charge is 0.357 e. The molecule has 2 N–H and O–H groups in total. The van der Waals surface area contributed by atoms with Gasteiger partial charge in [-0.3, -0.25) is 9.59 Å². The molecule has 0 atom stereocenters. The molecule has 0 saturated carbocycles. The van der Waals surface area contributed by atoms with Gasteiger partial charge in [0.2, 0.25) is 11.8 Å². The fourth-order valence-corrected chi connectivity index (χ4v) is 2.57. The molecule has 0 unspecified atom stereocenters. The maximum atomic E-state index is 12.3. The molecular formula is C21H36IN5O2. The molecule has 0 spiro atoms. The fraction of sp³-hybridized carbons (Fsp3) is 0.571. The third-order valence-electron chi connectivity index (χ3n) is 4.34. The molecule has 0 saturated heterocycles. The molecule has 1 rings (SSSR count). The van der Waals surface area contributed by atoms with Crippen molar-refractivity contribution in [1.29, 1.82) is 0 Å². The van der Waals surface area contributed by atoms with Crippen molar-refractivity contribution in [2.45, 2.75) is 41.2 Å². The van der Waals surface area contributed by atoms with Crippen LogP contribution in [0.5, 0.6) is 0 Å². The minimum Gasteiger partial charge on any atom is -0.357 e. The van der Waals surface area contributed by atoms with E-state index in [-0.39, 0.29) is 48.3 Å². The number of halogens is 1. The Morgan fingerprint density at radius 2 is 1.66 bits per heavy atom. The lowest BCUT2D eigenvalue weighted by Crippen LogP contribution is -2.45. The van der Waals surface area contributed by atoms with E-state index in [0.717, 1.165) is 17.8 Å². The number of nitrogens with one attached hydrogen (secondary N) is 2. The van der Waals surface area contributed by atoms with Crippen molar-refractivity contribution in [1.82, 2.24) is 15.1 Å². The highest BCUT2D eigenvalue weighted by molar-refractivity contribution is 14.0. The summed E-state index contributed by atoms with van der Waals surface area (Å²) in [5.41, 5.74) is 1.81. The van der Waals surface area contributed by atoms with Gasteiger partial charge >= 0.3 is 0 Å². The molecular weight excluding hydrogens is 481 g/mol. The van der Waals surface area contributed by atoms with Crippen molar-refractivity contribution in [3.05, 3.63) is 29.8 Å². The Hall–Kier alpha value is -1.84. The van der Waals surface area contributed by atoms with Crippen LogP contribution in [0.15, 0.2) is 29.3 Å². The van der Waals surface area contributed by atoms with E-state index in [1.165, 1.54) is 0 Å². The quantitative estimate of drug-likeness (QED) is 0.300. The van der Waals surface area contributed by atoms with Crippen LogP contribution in [0.1, 0.15) is 40.2 Å². The van der Waals surface area contributed by atoms with Crippen molar-refractivity contribution in [2.24, 2.45) is 10.9 Å². The van der Waals surface area contributed by atoms with E-state index in [4.69, 9.17) is 0 Å². The molecule has 164 valence electrons. The maximum Gasteiger partial charge on any atom is 0.242 e. The fourth-order valence-electron chi connectivity index (χ4n) is 2.57. The van der Waals surface area contributed by atoms with Gasteiger partial charge in [-0.2, -0.15) is 0 Å². The first-order chi connectivity index (χ1) is 13.3. The average Bonchev–Trinajstić information content (AvgIpc) is 2.67. The second-order valence-corrected chi connectivity index (χ2v) is 6.93. The monoisotopic (exact) mass is 517 g/mol. The van der Waals surface area contributed by atoms with Crippen molar-refractivity contribution in [3.8, 4) is 0 Å². The summed E-state index contributed by atoms with van der Waals surface area (Å²) < 4.78 is 0.